The fourth-order valence-corrected chi connectivity index (χ4v) is 4.52. The van der Waals surface area contributed by atoms with Gasteiger partial charge in [-0.05, 0) is 43.7 Å². The second kappa shape index (κ2) is 8.54. The van der Waals surface area contributed by atoms with Gasteiger partial charge in [-0.25, -0.2) is 4.79 Å². The van der Waals surface area contributed by atoms with E-state index < -0.39 is 0 Å². The van der Waals surface area contributed by atoms with Crippen molar-refractivity contribution in [3.05, 3.63) is 45.8 Å². The number of carbonyl (C=O) groups is 2. The maximum atomic E-state index is 12.7. The number of quaternary nitrogens is 1. The first-order valence-corrected chi connectivity index (χ1v) is 10.0. The van der Waals surface area contributed by atoms with Crippen molar-refractivity contribution in [3.63, 3.8) is 0 Å². The molecule has 0 radical (unpaired) electrons. The summed E-state index contributed by atoms with van der Waals surface area (Å²) in [5.74, 6) is 0.110. The molecule has 1 aromatic carbocycles. The van der Waals surface area contributed by atoms with Crippen LogP contribution >= 0.6 is 11.3 Å². The minimum absolute atomic E-state index is 0.247. The minimum Gasteiger partial charge on any atom is -0.494 e. The van der Waals surface area contributed by atoms with Gasteiger partial charge >= 0.3 is 5.97 Å². The van der Waals surface area contributed by atoms with E-state index in [2.05, 4.69) is 12.4 Å². The van der Waals surface area contributed by atoms with Gasteiger partial charge in [0.1, 0.15) is 17.3 Å². The number of hydrogen-bond donors (Lipinski definition) is 2. The van der Waals surface area contributed by atoms with Crippen molar-refractivity contribution in [1.82, 2.24) is 0 Å². The lowest BCUT2D eigenvalue weighted by atomic mass is 10.0. The molecule has 0 saturated heterocycles. The summed E-state index contributed by atoms with van der Waals surface area (Å²) < 4.78 is 10.7. The topological polar surface area (TPSA) is 69.1 Å². The summed E-state index contributed by atoms with van der Waals surface area (Å²) in [5.41, 5.74) is 2.05. The van der Waals surface area contributed by atoms with Crippen LogP contribution in [0, 0.1) is 0 Å². The molecular weight excluding hydrogens is 364 g/mol. The van der Waals surface area contributed by atoms with E-state index in [1.807, 2.05) is 6.92 Å². The number of benzene rings is 1. The van der Waals surface area contributed by atoms with Gasteiger partial charge in [0.25, 0.3) is 5.91 Å². The van der Waals surface area contributed by atoms with Gasteiger partial charge in [0.15, 0.2) is 0 Å². The van der Waals surface area contributed by atoms with Crippen LogP contribution < -0.4 is 15.0 Å². The van der Waals surface area contributed by atoms with Crippen molar-refractivity contribution >= 4 is 28.2 Å². The van der Waals surface area contributed by atoms with Crippen LogP contribution in [0.25, 0.3) is 0 Å². The smallest absolute Gasteiger partial charge is 0.341 e. The quantitative estimate of drug-likeness (QED) is 0.743. The van der Waals surface area contributed by atoms with Crippen molar-refractivity contribution < 1.29 is 24.0 Å². The Bertz CT molecular complexity index is 829. The van der Waals surface area contributed by atoms with Gasteiger partial charge in [-0.15, -0.1) is 11.3 Å². The molecule has 0 saturated carbocycles. The summed E-state index contributed by atoms with van der Waals surface area (Å²) >= 11 is 1.48. The molecule has 0 bridgehead atoms. The van der Waals surface area contributed by atoms with E-state index in [-0.39, 0.29) is 11.9 Å². The maximum Gasteiger partial charge on any atom is 0.341 e. The highest BCUT2D eigenvalue weighted by Crippen LogP contribution is 2.35. The van der Waals surface area contributed by atoms with Gasteiger partial charge in [0.2, 0.25) is 0 Å². The predicted octanol–water partition coefficient (Wildman–Crippen LogP) is 2.15. The van der Waals surface area contributed by atoms with E-state index in [4.69, 9.17) is 9.47 Å². The van der Waals surface area contributed by atoms with Crippen LogP contribution in [-0.2, 0) is 17.7 Å². The molecule has 7 heteroatoms. The third-order valence-electron chi connectivity index (χ3n) is 4.49. The summed E-state index contributed by atoms with van der Waals surface area (Å²) in [5, 5.41) is 3.49. The number of amides is 1. The fraction of sp³-hybridized carbons (Fsp3) is 0.400. The minimum atomic E-state index is -0.364. The van der Waals surface area contributed by atoms with Crippen molar-refractivity contribution in [3.8, 4) is 5.75 Å². The molecule has 0 aliphatic carbocycles. The molecule has 1 aliphatic heterocycles. The summed E-state index contributed by atoms with van der Waals surface area (Å²) in [6.45, 7) is 6.39. The zero-order valence-electron chi connectivity index (χ0n) is 15.9. The molecule has 6 nitrogen and oxygen atoms in total. The number of ether oxygens (including phenoxy) is 2. The first kappa shape index (κ1) is 19.4. The number of anilines is 1. The number of esters is 1. The molecular formula is C20H25N2O4S+. The SMILES string of the molecule is CCOC(=O)c1c(NC(=O)c2ccc(OCC)cc2)sc2c1CC[NH+](C)C2. The summed E-state index contributed by atoms with van der Waals surface area (Å²) in [6.07, 6.45) is 0.810. The molecule has 1 aromatic heterocycles. The molecule has 2 N–H and O–H groups in total. The zero-order valence-corrected chi connectivity index (χ0v) is 16.7. The molecule has 1 amide bonds. The Labute approximate surface area is 163 Å². The van der Waals surface area contributed by atoms with Gasteiger partial charge in [-0.2, -0.15) is 0 Å². The van der Waals surface area contributed by atoms with Crippen molar-refractivity contribution in [2.45, 2.75) is 26.8 Å². The monoisotopic (exact) mass is 389 g/mol. The van der Waals surface area contributed by atoms with E-state index >= 15 is 0 Å². The van der Waals surface area contributed by atoms with E-state index in [0.717, 1.165) is 35.7 Å². The fourth-order valence-electron chi connectivity index (χ4n) is 3.17. The summed E-state index contributed by atoms with van der Waals surface area (Å²) in [7, 11) is 2.13. The number of thiophene rings is 1. The first-order chi connectivity index (χ1) is 13.0. The van der Waals surface area contributed by atoms with Crippen molar-refractivity contribution in [2.75, 3.05) is 32.1 Å². The lowest BCUT2D eigenvalue weighted by molar-refractivity contribution is -0.895. The average Bonchev–Trinajstić information content (AvgIpc) is 2.99. The van der Waals surface area contributed by atoms with E-state index in [9.17, 15) is 9.59 Å². The van der Waals surface area contributed by atoms with Crippen molar-refractivity contribution in [1.29, 1.82) is 0 Å². The number of likely N-dealkylation sites (N-methyl/N-ethyl adjacent to an activating group) is 1. The normalized spacial score (nSPS) is 15.7. The van der Waals surface area contributed by atoms with Crippen LogP contribution in [0.15, 0.2) is 24.3 Å². The lowest BCUT2D eigenvalue weighted by Gasteiger charge is -2.19. The molecule has 1 aliphatic rings. The first-order valence-electron chi connectivity index (χ1n) is 9.20. The van der Waals surface area contributed by atoms with Crippen LogP contribution in [0.4, 0.5) is 5.00 Å². The molecule has 1 atom stereocenters. The van der Waals surface area contributed by atoms with Crippen LogP contribution in [0.2, 0.25) is 0 Å². The Morgan fingerprint density at radius 3 is 2.59 bits per heavy atom. The Morgan fingerprint density at radius 1 is 1.19 bits per heavy atom. The Hall–Kier alpha value is -2.38. The number of carbonyl (C=O) groups excluding carboxylic acids is 2. The van der Waals surface area contributed by atoms with Gasteiger partial charge in [0, 0.05) is 12.0 Å². The second-order valence-electron chi connectivity index (χ2n) is 6.47. The number of rotatable bonds is 6. The van der Waals surface area contributed by atoms with Gasteiger partial charge in [-0.1, -0.05) is 0 Å². The third kappa shape index (κ3) is 4.31. The van der Waals surface area contributed by atoms with Crippen LogP contribution in [-0.4, -0.2) is 38.7 Å². The van der Waals surface area contributed by atoms with Gasteiger partial charge in [-0.3, -0.25) is 4.79 Å². The van der Waals surface area contributed by atoms with Crippen LogP contribution in [0.3, 0.4) is 0 Å². The molecule has 1 unspecified atom stereocenters. The number of fused-ring (bicyclic) bond motifs is 1. The number of nitrogens with one attached hydrogen (secondary N) is 2. The highest BCUT2D eigenvalue weighted by molar-refractivity contribution is 7.17. The Morgan fingerprint density at radius 2 is 1.93 bits per heavy atom. The van der Waals surface area contributed by atoms with Crippen molar-refractivity contribution in [2.24, 2.45) is 0 Å². The zero-order chi connectivity index (χ0) is 19.4. The van der Waals surface area contributed by atoms with Crippen LogP contribution in [0.1, 0.15) is 45.0 Å². The average molecular weight is 389 g/mol. The maximum absolute atomic E-state index is 12.7. The van der Waals surface area contributed by atoms with Gasteiger partial charge in [0.05, 0.1) is 37.2 Å². The molecule has 0 fully saturated rings. The standard InChI is InChI=1S/C20H24N2O4S/c1-4-25-14-8-6-13(7-9-14)18(23)21-19-17(20(24)26-5-2)15-10-11-22(3)12-16(15)27-19/h6-9H,4-5,10-12H2,1-3H3,(H,21,23)/p+1. The molecule has 2 aromatic rings. The predicted molar refractivity (Wildman–Crippen MR) is 105 cm³/mol. The molecule has 27 heavy (non-hydrogen) atoms. The number of hydrogen-bond acceptors (Lipinski definition) is 5. The molecule has 2 heterocycles. The highest BCUT2D eigenvalue weighted by Gasteiger charge is 2.30. The highest BCUT2D eigenvalue weighted by atomic mass is 32.1. The molecule has 3 rings (SSSR count). The van der Waals surface area contributed by atoms with Crippen LogP contribution in [0.5, 0.6) is 5.75 Å². The second-order valence-corrected chi connectivity index (χ2v) is 7.58. The van der Waals surface area contributed by atoms with E-state index in [0.29, 0.717) is 29.3 Å². The summed E-state index contributed by atoms with van der Waals surface area (Å²) in [4.78, 5) is 27.7. The molecule has 0 spiro atoms. The van der Waals surface area contributed by atoms with E-state index in [1.165, 1.54) is 16.2 Å². The molecule has 144 valence electrons. The third-order valence-corrected chi connectivity index (χ3v) is 5.64. The lowest BCUT2D eigenvalue weighted by Crippen LogP contribution is -3.08. The Kier molecular flexibility index (Phi) is 6.13. The largest absolute Gasteiger partial charge is 0.494 e. The van der Waals surface area contributed by atoms with E-state index in [1.54, 1.807) is 31.2 Å². The Balaban J connectivity index is 1.86. The van der Waals surface area contributed by atoms with Gasteiger partial charge < -0.3 is 19.7 Å². The summed E-state index contributed by atoms with van der Waals surface area (Å²) in [6, 6.07) is 6.97.